The molecule has 0 fully saturated rings. The topological polar surface area (TPSA) is 41.9 Å². The van der Waals surface area contributed by atoms with Crippen LogP contribution in [0.5, 0.6) is 0 Å². The zero-order valence-electron chi connectivity index (χ0n) is 11.8. The van der Waals surface area contributed by atoms with E-state index < -0.39 is 0 Å². The molecule has 0 atom stereocenters. The van der Waals surface area contributed by atoms with Crippen LogP contribution in [0.15, 0.2) is 29.6 Å². The molecule has 0 saturated heterocycles. The molecule has 20 heavy (non-hydrogen) atoms. The molecule has 4 nitrogen and oxygen atoms in total. The lowest BCUT2D eigenvalue weighted by atomic mass is 10.1. The van der Waals surface area contributed by atoms with E-state index in [2.05, 4.69) is 32.0 Å². The minimum atomic E-state index is 0.873. The van der Waals surface area contributed by atoms with Gasteiger partial charge < -0.3 is 0 Å². The Bertz CT molecular complexity index is 615. The molecular formula is C15H18N4S. The Morgan fingerprint density at radius 1 is 1.30 bits per heavy atom. The number of aromatic nitrogens is 3. The van der Waals surface area contributed by atoms with Crippen molar-refractivity contribution in [3.05, 3.63) is 47.0 Å². The molecule has 0 amide bonds. The standard InChI is InChI=1S/C15H18N4S/c1-11-4-3-5-13(17-11)10-19-7-6-14-12(9-19)8-16-15(18-14)20-2/h3-5,8H,6-7,9-10H2,1-2H3. The molecule has 0 bridgehead atoms. The van der Waals surface area contributed by atoms with Gasteiger partial charge in [0.15, 0.2) is 5.16 Å². The van der Waals surface area contributed by atoms with Gasteiger partial charge in [0.25, 0.3) is 0 Å². The lowest BCUT2D eigenvalue weighted by Crippen LogP contribution is -2.31. The van der Waals surface area contributed by atoms with Gasteiger partial charge in [0, 0.05) is 43.5 Å². The molecule has 2 aromatic heterocycles. The lowest BCUT2D eigenvalue weighted by molar-refractivity contribution is 0.239. The summed E-state index contributed by atoms with van der Waals surface area (Å²) in [4.78, 5) is 16.0. The van der Waals surface area contributed by atoms with Gasteiger partial charge in [-0.25, -0.2) is 9.97 Å². The van der Waals surface area contributed by atoms with Crippen molar-refractivity contribution in [2.24, 2.45) is 0 Å². The molecule has 0 N–H and O–H groups in total. The molecule has 0 aromatic carbocycles. The van der Waals surface area contributed by atoms with Crippen LogP contribution in [0.2, 0.25) is 0 Å². The summed E-state index contributed by atoms with van der Waals surface area (Å²) in [6.07, 6.45) is 4.99. The number of rotatable bonds is 3. The van der Waals surface area contributed by atoms with Gasteiger partial charge in [-0.2, -0.15) is 0 Å². The molecule has 104 valence electrons. The van der Waals surface area contributed by atoms with E-state index in [0.29, 0.717) is 0 Å². The Labute approximate surface area is 123 Å². The lowest BCUT2D eigenvalue weighted by Gasteiger charge is -2.27. The normalized spacial score (nSPS) is 15.1. The molecule has 3 rings (SSSR count). The van der Waals surface area contributed by atoms with E-state index in [-0.39, 0.29) is 0 Å². The average Bonchev–Trinajstić information content (AvgIpc) is 2.47. The molecule has 0 radical (unpaired) electrons. The van der Waals surface area contributed by atoms with Crippen molar-refractivity contribution < 1.29 is 0 Å². The Balaban J connectivity index is 1.72. The Hall–Kier alpha value is -1.46. The molecular weight excluding hydrogens is 268 g/mol. The smallest absolute Gasteiger partial charge is 0.187 e. The molecule has 0 spiro atoms. The fourth-order valence-corrected chi connectivity index (χ4v) is 2.87. The molecule has 5 heteroatoms. The van der Waals surface area contributed by atoms with Crippen LogP contribution in [-0.2, 0) is 19.5 Å². The van der Waals surface area contributed by atoms with Gasteiger partial charge in [0.05, 0.1) is 11.4 Å². The Kier molecular flexibility index (Phi) is 3.98. The summed E-state index contributed by atoms with van der Waals surface area (Å²) < 4.78 is 0. The summed E-state index contributed by atoms with van der Waals surface area (Å²) in [5.41, 5.74) is 4.67. The second-order valence-corrected chi connectivity index (χ2v) is 5.83. The van der Waals surface area contributed by atoms with Crippen LogP contribution < -0.4 is 0 Å². The van der Waals surface area contributed by atoms with Crippen LogP contribution in [0.4, 0.5) is 0 Å². The predicted molar refractivity (Wildman–Crippen MR) is 80.6 cm³/mol. The molecule has 1 aliphatic heterocycles. The minimum absolute atomic E-state index is 0.873. The van der Waals surface area contributed by atoms with E-state index in [1.165, 1.54) is 11.3 Å². The highest BCUT2D eigenvalue weighted by Gasteiger charge is 2.18. The SMILES string of the molecule is CSc1ncc2c(n1)CCN(Cc1cccc(C)n1)C2. The summed E-state index contributed by atoms with van der Waals surface area (Å²) in [5.74, 6) is 0. The van der Waals surface area contributed by atoms with Gasteiger partial charge in [0.1, 0.15) is 0 Å². The predicted octanol–water partition coefficient (Wildman–Crippen LogP) is 2.46. The first-order chi connectivity index (χ1) is 9.74. The zero-order valence-corrected chi connectivity index (χ0v) is 12.7. The zero-order chi connectivity index (χ0) is 13.9. The fourth-order valence-electron chi connectivity index (χ4n) is 2.51. The highest BCUT2D eigenvalue weighted by Crippen LogP contribution is 2.20. The Morgan fingerprint density at radius 3 is 3.00 bits per heavy atom. The maximum Gasteiger partial charge on any atom is 0.187 e. The molecule has 0 aliphatic carbocycles. The monoisotopic (exact) mass is 286 g/mol. The van der Waals surface area contributed by atoms with Crippen LogP contribution in [0, 0.1) is 6.92 Å². The van der Waals surface area contributed by atoms with E-state index >= 15 is 0 Å². The summed E-state index contributed by atoms with van der Waals surface area (Å²) in [6, 6.07) is 6.20. The van der Waals surface area contributed by atoms with Crippen molar-refractivity contribution in [3.8, 4) is 0 Å². The second kappa shape index (κ2) is 5.89. The first-order valence-corrected chi connectivity index (χ1v) is 8.01. The van der Waals surface area contributed by atoms with Crippen LogP contribution in [-0.4, -0.2) is 32.7 Å². The summed E-state index contributed by atoms with van der Waals surface area (Å²) in [6.45, 7) is 4.88. The molecule has 0 saturated carbocycles. The van der Waals surface area contributed by atoms with E-state index in [0.717, 1.165) is 42.6 Å². The first-order valence-electron chi connectivity index (χ1n) is 6.78. The number of thioether (sulfide) groups is 1. The number of hydrogen-bond donors (Lipinski definition) is 0. The van der Waals surface area contributed by atoms with Gasteiger partial charge in [-0.15, -0.1) is 0 Å². The van der Waals surface area contributed by atoms with E-state index in [9.17, 15) is 0 Å². The van der Waals surface area contributed by atoms with Gasteiger partial charge in [-0.3, -0.25) is 9.88 Å². The van der Waals surface area contributed by atoms with Crippen molar-refractivity contribution in [1.29, 1.82) is 0 Å². The third-order valence-corrected chi connectivity index (χ3v) is 4.07. The maximum atomic E-state index is 4.60. The van der Waals surface area contributed by atoms with E-state index in [4.69, 9.17) is 0 Å². The number of pyridine rings is 1. The fraction of sp³-hybridized carbons (Fsp3) is 0.400. The quantitative estimate of drug-likeness (QED) is 0.640. The number of aryl methyl sites for hydroxylation is 1. The largest absolute Gasteiger partial charge is 0.293 e. The maximum absolute atomic E-state index is 4.60. The number of fused-ring (bicyclic) bond motifs is 1. The van der Waals surface area contributed by atoms with Crippen molar-refractivity contribution in [1.82, 2.24) is 19.9 Å². The summed E-state index contributed by atoms with van der Waals surface area (Å²) in [7, 11) is 0. The van der Waals surface area contributed by atoms with Gasteiger partial charge >= 0.3 is 0 Å². The van der Waals surface area contributed by atoms with Crippen molar-refractivity contribution in [2.75, 3.05) is 12.8 Å². The van der Waals surface area contributed by atoms with Crippen LogP contribution in [0.3, 0.4) is 0 Å². The van der Waals surface area contributed by atoms with E-state index in [1.807, 2.05) is 25.4 Å². The summed E-state index contributed by atoms with van der Waals surface area (Å²) in [5, 5.41) is 0.873. The highest BCUT2D eigenvalue weighted by atomic mass is 32.2. The van der Waals surface area contributed by atoms with Crippen molar-refractivity contribution in [2.45, 2.75) is 31.6 Å². The second-order valence-electron chi connectivity index (χ2n) is 5.06. The van der Waals surface area contributed by atoms with Crippen LogP contribution in [0.25, 0.3) is 0 Å². The van der Waals surface area contributed by atoms with Gasteiger partial charge in [-0.05, 0) is 25.3 Å². The number of hydrogen-bond acceptors (Lipinski definition) is 5. The molecule has 3 heterocycles. The third kappa shape index (κ3) is 2.99. The minimum Gasteiger partial charge on any atom is -0.293 e. The summed E-state index contributed by atoms with van der Waals surface area (Å²) >= 11 is 1.60. The van der Waals surface area contributed by atoms with Crippen molar-refractivity contribution >= 4 is 11.8 Å². The van der Waals surface area contributed by atoms with Crippen molar-refractivity contribution in [3.63, 3.8) is 0 Å². The van der Waals surface area contributed by atoms with Crippen LogP contribution in [0.1, 0.15) is 22.6 Å². The molecule has 0 unspecified atom stereocenters. The molecule has 1 aliphatic rings. The van der Waals surface area contributed by atoms with Crippen LogP contribution >= 0.6 is 11.8 Å². The third-order valence-electron chi connectivity index (χ3n) is 3.51. The Morgan fingerprint density at radius 2 is 2.20 bits per heavy atom. The van der Waals surface area contributed by atoms with Gasteiger partial charge in [-0.1, -0.05) is 17.8 Å². The van der Waals surface area contributed by atoms with Gasteiger partial charge in [0.2, 0.25) is 0 Å². The highest BCUT2D eigenvalue weighted by molar-refractivity contribution is 7.98. The average molecular weight is 286 g/mol. The molecule has 2 aromatic rings. The first kappa shape index (κ1) is 13.5. The number of nitrogens with zero attached hydrogens (tertiary/aromatic N) is 4. The van der Waals surface area contributed by atoms with E-state index in [1.54, 1.807) is 11.8 Å².